The van der Waals surface area contributed by atoms with Gasteiger partial charge in [0.2, 0.25) is 0 Å². The minimum Gasteiger partial charge on any atom is -0.333 e. The van der Waals surface area contributed by atoms with E-state index >= 15 is 0 Å². The van der Waals surface area contributed by atoms with Crippen molar-refractivity contribution in [2.75, 3.05) is 33.7 Å². The van der Waals surface area contributed by atoms with E-state index in [1.165, 1.54) is 12.3 Å². The summed E-state index contributed by atoms with van der Waals surface area (Å²) in [7, 11) is 3.47. The summed E-state index contributed by atoms with van der Waals surface area (Å²) in [6.45, 7) is 1.83. The first-order valence-electron chi connectivity index (χ1n) is 8.02. The molecule has 0 saturated carbocycles. The van der Waals surface area contributed by atoms with Gasteiger partial charge >= 0.3 is 6.03 Å². The van der Waals surface area contributed by atoms with Gasteiger partial charge in [-0.3, -0.25) is 9.59 Å². The van der Waals surface area contributed by atoms with Crippen LogP contribution in [0.25, 0.3) is 0 Å². The molecule has 0 unspecified atom stereocenters. The Morgan fingerprint density at radius 3 is 2.67 bits per heavy atom. The van der Waals surface area contributed by atoms with Gasteiger partial charge in [0.15, 0.2) is 0 Å². The number of nitrogens with zero attached hydrogens (tertiary/aromatic N) is 3. The fourth-order valence-electron chi connectivity index (χ4n) is 3.51. The summed E-state index contributed by atoms with van der Waals surface area (Å²) in [5, 5.41) is 0.00486. The molecule has 4 heterocycles. The number of nitrogens with one attached hydrogen (secondary N) is 1. The van der Waals surface area contributed by atoms with Crippen molar-refractivity contribution in [3.63, 3.8) is 0 Å². The van der Waals surface area contributed by atoms with Crippen LogP contribution in [0.3, 0.4) is 0 Å². The average Bonchev–Trinajstić information content (AvgIpc) is 2.87. The predicted molar refractivity (Wildman–Crippen MR) is 90.3 cm³/mol. The maximum absolute atomic E-state index is 12.8. The number of aromatic amines is 1. The van der Waals surface area contributed by atoms with E-state index in [1.54, 1.807) is 19.0 Å². The molecule has 1 aromatic heterocycles. The fourth-order valence-corrected chi connectivity index (χ4v) is 3.69. The molecule has 2 bridgehead atoms. The Hall–Kier alpha value is -2.02. The van der Waals surface area contributed by atoms with E-state index in [4.69, 9.17) is 11.6 Å². The summed E-state index contributed by atoms with van der Waals surface area (Å²) >= 11 is 5.83. The van der Waals surface area contributed by atoms with Gasteiger partial charge < -0.3 is 19.7 Å². The van der Waals surface area contributed by atoms with Gasteiger partial charge in [0, 0.05) is 46.0 Å². The molecule has 130 valence electrons. The predicted octanol–water partition coefficient (Wildman–Crippen LogP) is 1.25. The molecule has 7 nitrogen and oxygen atoms in total. The number of carbonyl (C=O) groups excluding carboxylic acids is 2. The number of rotatable bonds is 1. The maximum Gasteiger partial charge on any atom is 0.319 e. The van der Waals surface area contributed by atoms with Crippen LogP contribution in [-0.2, 0) is 0 Å². The molecule has 8 heteroatoms. The van der Waals surface area contributed by atoms with Crippen LogP contribution >= 0.6 is 11.6 Å². The molecule has 3 saturated heterocycles. The van der Waals surface area contributed by atoms with Gasteiger partial charge in [-0.25, -0.2) is 4.79 Å². The van der Waals surface area contributed by atoms with Crippen molar-refractivity contribution in [3.8, 4) is 0 Å². The summed E-state index contributed by atoms with van der Waals surface area (Å²) in [6, 6.07) is 1.38. The highest BCUT2D eigenvalue weighted by Gasteiger charge is 2.39. The molecular weight excluding hydrogens is 332 g/mol. The Balaban J connectivity index is 1.82. The first-order valence-corrected chi connectivity index (χ1v) is 8.40. The van der Waals surface area contributed by atoms with Crippen LogP contribution < -0.4 is 5.56 Å². The van der Waals surface area contributed by atoms with Crippen LogP contribution in [0.1, 0.15) is 23.2 Å². The number of piperidine rings is 1. The van der Waals surface area contributed by atoms with Crippen molar-refractivity contribution in [1.29, 1.82) is 0 Å². The zero-order valence-corrected chi connectivity index (χ0v) is 14.5. The SMILES string of the molecule is CN(C)C(=O)N1C[C@H]2CC[C@@H](C1)N(C(=O)c1c[nH]c(=O)c(Cl)c1)C2. The molecule has 2 atom stereocenters. The van der Waals surface area contributed by atoms with Gasteiger partial charge in [0.25, 0.3) is 11.5 Å². The highest BCUT2D eigenvalue weighted by atomic mass is 35.5. The largest absolute Gasteiger partial charge is 0.333 e. The van der Waals surface area contributed by atoms with E-state index in [0.29, 0.717) is 25.2 Å². The van der Waals surface area contributed by atoms with Crippen molar-refractivity contribution in [2.24, 2.45) is 5.92 Å². The lowest BCUT2D eigenvalue weighted by Gasteiger charge is -2.36. The summed E-state index contributed by atoms with van der Waals surface area (Å²) < 4.78 is 0. The fraction of sp³-hybridized carbons (Fsp3) is 0.562. The Morgan fingerprint density at radius 2 is 2.00 bits per heavy atom. The maximum atomic E-state index is 12.8. The quantitative estimate of drug-likeness (QED) is 0.826. The van der Waals surface area contributed by atoms with Crippen LogP contribution in [0.2, 0.25) is 5.02 Å². The number of hydrogen-bond acceptors (Lipinski definition) is 3. The standard InChI is InChI=1S/C16H21ClN4O3/c1-19(2)16(24)20-7-10-3-4-12(9-20)21(8-10)15(23)11-5-13(17)14(22)18-6-11/h5-6,10,12H,3-4,7-9H2,1-2H3,(H,18,22)/t10-,12+/m1/s1. The summed E-state index contributed by atoms with van der Waals surface area (Å²) in [4.78, 5) is 44.2. The van der Waals surface area contributed by atoms with Gasteiger partial charge in [0.05, 0.1) is 5.56 Å². The smallest absolute Gasteiger partial charge is 0.319 e. The number of amides is 3. The Bertz CT molecular complexity index is 718. The number of aromatic nitrogens is 1. The molecule has 24 heavy (non-hydrogen) atoms. The number of urea groups is 1. The van der Waals surface area contributed by atoms with E-state index in [0.717, 1.165) is 12.8 Å². The van der Waals surface area contributed by atoms with Crippen molar-refractivity contribution in [2.45, 2.75) is 18.9 Å². The zero-order valence-electron chi connectivity index (χ0n) is 13.8. The van der Waals surface area contributed by atoms with Crippen molar-refractivity contribution < 1.29 is 9.59 Å². The Labute approximate surface area is 145 Å². The number of pyridine rings is 1. The van der Waals surface area contributed by atoms with Crippen molar-refractivity contribution in [3.05, 3.63) is 33.2 Å². The van der Waals surface area contributed by atoms with E-state index < -0.39 is 5.56 Å². The minimum absolute atomic E-state index is 0.00486. The molecule has 0 radical (unpaired) electrons. The number of halogens is 1. The van der Waals surface area contributed by atoms with Gasteiger partial charge in [-0.2, -0.15) is 0 Å². The normalized spacial score (nSPS) is 23.1. The first-order chi connectivity index (χ1) is 11.4. The Morgan fingerprint density at radius 1 is 1.25 bits per heavy atom. The van der Waals surface area contributed by atoms with Crippen LogP contribution in [0.5, 0.6) is 0 Å². The topological polar surface area (TPSA) is 76.7 Å². The number of H-pyrrole nitrogens is 1. The molecule has 1 aromatic rings. The number of fused-ring (bicyclic) bond motifs is 4. The highest BCUT2D eigenvalue weighted by Crippen LogP contribution is 2.29. The second-order valence-electron chi connectivity index (χ2n) is 6.70. The lowest BCUT2D eigenvalue weighted by atomic mass is 9.94. The van der Waals surface area contributed by atoms with Gasteiger partial charge in [-0.15, -0.1) is 0 Å². The van der Waals surface area contributed by atoms with Crippen molar-refractivity contribution in [1.82, 2.24) is 19.7 Å². The molecule has 3 aliphatic heterocycles. The monoisotopic (exact) mass is 352 g/mol. The third-order valence-corrected chi connectivity index (χ3v) is 5.01. The lowest BCUT2D eigenvalue weighted by Crippen LogP contribution is -2.48. The molecule has 3 amide bonds. The second-order valence-corrected chi connectivity index (χ2v) is 7.11. The van der Waals surface area contributed by atoms with Gasteiger partial charge in [-0.05, 0) is 24.8 Å². The third kappa shape index (κ3) is 3.13. The molecule has 1 N–H and O–H groups in total. The second kappa shape index (κ2) is 6.47. The highest BCUT2D eigenvalue weighted by molar-refractivity contribution is 6.30. The molecule has 3 fully saturated rings. The molecule has 0 aromatic carbocycles. The van der Waals surface area contributed by atoms with Crippen LogP contribution in [0, 0.1) is 5.92 Å². The summed E-state index contributed by atoms with van der Waals surface area (Å²) in [6.07, 6.45) is 3.29. The van der Waals surface area contributed by atoms with Gasteiger partial charge in [0.1, 0.15) is 5.02 Å². The average molecular weight is 353 g/mol. The van der Waals surface area contributed by atoms with Crippen LogP contribution in [0.4, 0.5) is 4.79 Å². The minimum atomic E-state index is -0.409. The van der Waals surface area contributed by atoms with E-state index in [2.05, 4.69) is 4.98 Å². The summed E-state index contributed by atoms with van der Waals surface area (Å²) in [5.74, 6) is 0.122. The van der Waals surface area contributed by atoms with Gasteiger partial charge in [-0.1, -0.05) is 11.6 Å². The lowest BCUT2D eigenvalue weighted by molar-refractivity contribution is 0.0585. The number of carbonyl (C=O) groups is 2. The van der Waals surface area contributed by atoms with E-state index in [1.807, 2.05) is 9.80 Å². The third-order valence-electron chi connectivity index (χ3n) is 4.73. The molecular formula is C16H21ClN4O3. The van der Waals surface area contributed by atoms with Crippen LogP contribution in [-0.4, -0.2) is 71.4 Å². The first kappa shape index (κ1) is 16.8. The molecule has 3 aliphatic rings. The summed E-state index contributed by atoms with van der Waals surface area (Å²) in [5.41, 5.74) is -0.0361. The molecule has 0 aliphatic carbocycles. The zero-order chi connectivity index (χ0) is 17.4. The van der Waals surface area contributed by atoms with E-state index in [9.17, 15) is 14.4 Å². The molecule has 0 spiro atoms. The van der Waals surface area contributed by atoms with Crippen molar-refractivity contribution >= 4 is 23.5 Å². The van der Waals surface area contributed by atoms with E-state index in [-0.39, 0.29) is 28.9 Å². The van der Waals surface area contributed by atoms with Crippen LogP contribution in [0.15, 0.2) is 17.1 Å². The molecule has 4 rings (SSSR count). The Kier molecular flexibility index (Phi) is 4.54. The number of hydrogen-bond donors (Lipinski definition) is 1.